The lowest BCUT2D eigenvalue weighted by Crippen LogP contribution is -2.31. The molecular formula is C15H12FN3O. The minimum Gasteiger partial charge on any atom is -0.321 e. The summed E-state index contributed by atoms with van der Waals surface area (Å²) in [5.41, 5.74) is 0.803. The van der Waals surface area contributed by atoms with Crippen LogP contribution in [0.2, 0.25) is 0 Å². The standard InChI is InChI=1S/C15H12FN3O/c16-14-10-18-8-6-13(14)15(20)19(9-7-17)11-12-4-2-1-3-5-12/h1-6,8,10H,9,11H2. The summed E-state index contributed by atoms with van der Waals surface area (Å²) in [5, 5.41) is 8.83. The van der Waals surface area contributed by atoms with Gasteiger partial charge >= 0.3 is 0 Å². The van der Waals surface area contributed by atoms with Crippen LogP contribution in [0.15, 0.2) is 48.8 Å². The van der Waals surface area contributed by atoms with Crippen molar-refractivity contribution in [2.24, 2.45) is 0 Å². The Hall–Kier alpha value is -2.74. The van der Waals surface area contributed by atoms with Crippen LogP contribution >= 0.6 is 0 Å². The van der Waals surface area contributed by atoms with E-state index in [0.717, 1.165) is 11.8 Å². The van der Waals surface area contributed by atoms with Crippen molar-refractivity contribution >= 4 is 5.91 Å². The number of hydrogen-bond donors (Lipinski definition) is 0. The number of benzene rings is 1. The topological polar surface area (TPSA) is 57.0 Å². The van der Waals surface area contributed by atoms with Gasteiger partial charge in [-0.2, -0.15) is 5.26 Å². The van der Waals surface area contributed by atoms with Crippen molar-refractivity contribution in [3.8, 4) is 6.07 Å². The van der Waals surface area contributed by atoms with Gasteiger partial charge in [0.25, 0.3) is 5.91 Å². The maximum atomic E-state index is 13.6. The van der Waals surface area contributed by atoms with Crippen molar-refractivity contribution in [2.75, 3.05) is 6.54 Å². The van der Waals surface area contributed by atoms with E-state index < -0.39 is 11.7 Å². The van der Waals surface area contributed by atoms with Gasteiger partial charge in [-0.05, 0) is 11.6 Å². The Balaban J connectivity index is 2.23. The van der Waals surface area contributed by atoms with Gasteiger partial charge in [0.15, 0.2) is 5.82 Å². The second-order valence-corrected chi connectivity index (χ2v) is 4.16. The van der Waals surface area contributed by atoms with Gasteiger partial charge in [-0.1, -0.05) is 30.3 Å². The lowest BCUT2D eigenvalue weighted by atomic mass is 10.1. The number of carbonyl (C=O) groups is 1. The first-order valence-corrected chi connectivity index (χ1v) is 6.02. The van der Waals surface area contributed by atoms with Crippen LogP contribution in [-0.4, -0.2) is 22.3 Å². The molecule has 0 aliphatic heterocycles. The molecule has 0 fully saturated rings. The molecule has 2 aromatic rings. The molecule has 0 atom stereocenters. The number of hydrogen-bond acceptors (Lipinski definition) is 3. The van der Waals surface area contributed by atoms with Gasteiger partial charge in [0, 0.05) is 12.7 Å². The van der Waals surface area contributed by atoms with Crippen molar-refractivity contribution in [1.29, 1.82) is 5.26 Å². The molecule has 0 aliphatic rings. The van der Waals surface area contributed by atoms with E-state index in [1.165, 1.54) is 17.2 Å². The molecule has 0 aliphatic carbocycles. The van der Waals surface area contributed by atoms with Crippen LogP contribution in [0, 0.1) is 17.1 Å². The van der Waals surface area contributed by atoms with Crippen LogP contribution in [0.4, 0.5) is 4.39 Å². The Bertz CT molecular complexity index is 637. The molecule has 0 N–H and O–H groups in total. The fraction of sp³-hybridized carbons (Fsp3) is 0.133. The first kappa shape index (κ1) is 13.7. The highest BCUT2D eigenvalue weighted by Gasteiger charge is 2.19. The first-order valence-electron chi connectivity index (χ1n) is 6.02. The largest absolute Gasteiger partial charge is 0.321 e. The molecule has 1 amide bonds. The fourth-order valence-electron chi connectivity index (χ4n) is 1.81. The van der Waals surface area contributed by atoms with Crippen LogP contribution in [0.1, 0.15) is 15.9 Å². The SMILES string of the molecule is N#CCN(Cc1ccccc1)C(=O)c1ccncc1F. The van der Waals surface area contributed by atoms with Crippen LogP contribution in [0.5, 0.6) is 0 Å². The van der Waals surface area contributed by atoms with E-state index in [-0.39, 0.29) is 18.7 Å². The Morgan fingerprint density at radius 2 is 2.05 bits per heavy atom. The maximum absolute atomic E-state index is 13.6. The predicted octanol–water partition coefficient (Wildman–Crippen LogP) is 2.39. The Labute approximate surface area is 116 Å². The van der Waals surface area contributed by atoms with Gasteiger partial charge in [-0.3, -0.25) is 9.78 Å². The number of nitriles is 1. The smallest absolute Gasteiger partial charge is 0.258 e. The molecule has 1 aromatic carbocycles. The normalized spacial score (nSPS) is 9.80. The van der Waals surface area contributed by atoms with E-state index in [1.54, 1.807) is 0 Å². The van der Waals surface area contributed by atoms with Gasteiger partial charge in [-0.15, -0.1) is 0 Å². The summed E-state index contributed by atoms with van der Waals surface area (Å²) in [6, 6.07) is 12.5. The van der Waals surface area contributed by atoms with E-state index >= 15 is 0 Å². The van der Waals surface area contributed by atoms with E-state index in [2.05, 4.69) is 4.98 Å². The number of aromatic nitrogens is 1. The minimum absolute atomic E-state index is 0.0776. The fourth-order valence-corrected chi connectivity index (χ4v) is 1.81. The lowest BCUT2D eigenvalue weighted by molar-refractivity contribution is 0.0760. The quantitative estimate of drug-likeness (QED) is 0.801. The molecule has 0 saturated carbocycles. The first-order chi connectivity index (χ1) is 9.72. The van der Waals surface area contributed by atoms with Crippen LogP contribution in [0.3, 0.4) is 0 Å². The van der Waals surface area contributed by atoms with Crippen molar-refractivity contribution in [2.45, 2.75) is 6.54 Å². The van der Waals surface area contributed by atoms with Gasteiger partial charge in [0.2, 0.25) is 0 Å². The number of halogens is 1. The number of rotatable bonds is 4. The number of amides is 1. The summed E-state index contributed by atoms with van der Waals surface area (Å²) in [7, 11) is 0. The molecule has 0 unspecified atom stereocenters. The predicted molar refractivity (Wildman–Crippen MR) is 71.0 cm³/mol. The highest BCUT2D eigenvalue weighted by atomic mass is 19.1. The van der Waals surface area contributed by atoms with Gasteiger partial charge in [0.05, 0.1) is 17.8 Å². The van der Waals surface area contributed by atoms with Crippen LogP contribution in [-0.2, 0) is 6.54 Å². The molecule has 0 bridgehead atoms. The molecule has 0 spiro atoms. The average molecular weight is 269 g/mol. The van der Waals surface area contributed by atoms with Crippen molar-refractivity contribution in [1.82, 2.24) is 9.88 Å². The second kappa shape index (κ2) is 6.43. The third-order valence-electron chi connectivity index (χ3n) is 2.77. The monoisotopic (exact) mass is 269 g/mol. The lowest BCUT2D eigenvalue weighted by Gasteiger charge is -2.19. The van der Waals surface area contributed by atoms with Crippen molar-refractivity contribution < 1.29 is 9.18 Å². The average Bonchev–Trinajstić information content (AvgIpc) is 2.48. The minimum atomic E-state index is -0.687. The zero-order valence-corrected chi connectivity index (χ0v) is 10.7. The molecule has 2 rings (SSSR count). The molecule has 0 radical (unpaired) electrons. The zero-order valence-electron chi connectivity index (χ0n) is 10.7. The molecule has 0 saturated heterocycles. The third kappa shape index (κ3) is 3.18. The van der Waals surface area contributed by atoms with Crippen molar-refractivity contribution in [3.63, 3.8) is 0 Å². The summed E-state index contributed by atoms with van der Waals surface area (Å²) in [4.78, 5) is 17.2. The maximum Gasteiger partial charge on any atom is 0.258 e. The summed E-state index contributed by atoms with van der Waals surface area (Å²) < 4.78 is 13.6. The van der Waals surface area contributed by atoms with Gasteiger partial charge in [-0.25, -0.2) is 4.39 Å². The molecule has 100 valence electrons. The second-order valence-electron chi connectivity index (χ2n) is 4.16. The number of pyridine rings is 1. The zero-order chi connectivity index (χ0) is 14.4. The molecule has 5 heteroatoms. The van der Waals surface area contributed by atoms with E-state index in [9.17, 15) is 9.18 Å². The van der Waals surface area contributed by atoms with Gasteiger partial charge < -0.3 is 4.90 Å². The molecule has 1 heterocycles. The van der Waals surface area contributed by atoms with Crippen LogP contribution < -0.4 is 0 Å². The highest BCUT2D eigenvalue weighted by molar-refractivity contribution is 5.94. The van der Waals surface area contributed by atoms with E-state index in [0.29, 0.717) is 0 Å². The summed E-state index contributed by atoms with van der Waals surface area (Å²) in [6.07, 6.45) is 2.34. The summed E-state index contributed by atoms with van der Waals surface area (Å²) in [6.45, 7) is 0.157. The van der Waals surface area contributed by atoms with Crippen LogP contribution in [0.25, 0.3) is 0 Å². The molecular weight excluding hydrogens is 257 g/mol. The highest BCUT2D eigenvalue weighted by Crippen LogP contribution is 2.12. The number of carbonyl (C=O) groups excluding carboxylic acids is 1. The van der Waals surface area contributed by atoms with Gasteiger partial charge in [0.1, 0.15) is 6.54 Å². The Morgan fingerprint density at radius 3 is 2.70 bits per heavy atom. The third-order valence-corrected chi connectivity index (χ3v) is 2.77. The van der Waals surface area contributed by atoms with E-state index in [1.807, 2.05) is 36.4 Å². The summed E-state index contributed by atoms with van der Waals surface area (Å²) in [5.74, 6) is -1.20. The Morgan fingerprint density at radius 1 is 1.30 bits per heavy atom. The van der Waals surface area contributed by atoms with E-state index in [4.69, 9.17) is 5.26 Å². The molecule has 4 nitrogen and oxygen atoms in total. The number of nitrogens with zero attached hydrogens (tertiary/aromatic N) is 3. The Kier molecular flexibility index (Phi) is 4.40. The molecule has 1 aromatic heterocycles. The summed E-state index contributed by atoms with van der Waals surface area (Å²) >= 11 is 0. The van der Waals surface area contributed by atoms with Crippen molar-refractivity contribution in [3.05, 3.63) is 65.7 Å². The molecule has 20 heavy (non-hydrogen) atoms.